The Labute approximate surface area is 204 Å². The van der Waals surface area contributed by atoms with Gasteiger partial charge in [0.1, 0.15) is 0 Å². The van der Waals surface area contributed by atoms with Crippen molar-refractivity contribution >= 4 is 34.2 Å². The van der Waals surface area contributed by atoms with Crippen molar-refractivity contribution in [3.8, 4) is 0 Å². The molecule has 0 aliphatic carbocycles. The van der Waals surface area contributed by atoms with E-state index >= 15 is 0 Å². The lowest BCUT2D eigenvalue weighted by Gasteiger charge is -2.31. The van der Waals surface area contributed by atoms with Crippen LogP contribution in [0.5, 0.6) is 0 Å². The average molecular weight is 498 g/mol. The number of hydrogen-bond donors (Lipinski definition) is 0. The van der Waals surface area contributed by atoms with Crippen LogP contribution in [0.3, 0.4) is 0 Å². The number of sulfonamides is 1. The molecule has 33 heavy (non-hydrogen) atoms. The smallest absolute Gasteiger partial charge is 0.254 e. The summed E-state index contributed by atoms with van der Waals surface area (Å²) in [5.41, 5.74) is 2.08. The Morgan fingerprint density at radius 1 is 1.06 bits per heavy atom. The fourth-order valence-electron chi connectivity index (χ4n) is 4.87. The Balaban J connectivity index is 0.00000385. The van der Waals surface area contributed by atoms with Gasteiger partial charge in [-0.2, -0.15) is 0 Å². The topological polar surface area (TPSA) is 78.0 Å². The van der Waals surface area contributed by atoms with Gasteiger partial charge in [0.2, 0.25) is 15.9 Å². The Morgan fingerprint density at radius 3 is 2.06 bits per heavy atom. The molecule has 1 aromatic rings. The highest BCUT2D eigenvalue weighted by molar-refractivity contribution is 7.89. The van der Waals surface area contributed by atoms with E-state index < -0.39 is 27.9 Å². The lowest BCUT2D eigenvalue weighted by molar-refractivity contribution is -0.128. The van der Waals surface area contributed by atoms with Crippen LogP contribution in [0.1, 0.15) is 57.5 Å². The summed E-state index contributed by atoms with van der Waals surface area (Å²) < 4.78 is 25.5. The van der Waals surface area contributed by atoms with Crippen LogP contribution in [0.25, 0.3) is 0 Å². The van der Waals surface area contributed by atoms with Gasteiger partial charge in [0.05, 0.1) is 23.9 Å². The predicted octanol–water partition coefficient (Wildman–Crippen LogP) is 3.51. The van der Waals surface area contributed by atoms with Crippen LogP contribution in [0.4, 0.5) is 0 Å². The molecule has 0 aromatic heterocycles. The second kappa shape index (κ2) is 10.2. The van der Waals surface area contributed by atoms with Crippen molar-refractivity contribution in [3.05, 3.63) is 47.2 Å². The van der Waals surface area contributed by atoms with Crippen LogP contribution in [0, 0.1) is 11.8 Å². The SMILES string of the molecule is CC(C)[C@H]1C(=O)N(S(C)(=O)=O)C2=CCN(C(=O)c3ccc(CN(C(C)C)C(C)C)cc3)[C@@H]21.Cl. The molecule has 2 aliphatic heterocycles. The first-order valence-electron chi connectivity index (χ1n) is 11.2. The number of nitrogens with zero attached hydrogens (tertiary/aromatic N) is 3. The summed E-state index contributed by atoms with van der Waals surface area (Å²) in [5, 5.41) is 0. The van der Waals surface area contributed by atoms with Crippen molar-refractivity contribution in [1.82, 2.24) is 14.1 Å². The molecule has 2 heterocycles. The Kier molecular flexibility index (Phi) is 8.41. The molecular weight excluding hydrogens is 462 g/mol. The molecular formula is C24H36ClN3O4S. The zero-order chi connectivity index (χ0) is 24.0. The lowest BCUT2D eigenvalue weighted by Crippen LogP contribution is -2.43. The number of fused-ring (bicyclic) bond motifs is 1. The van der Waals surface area contributed by atoms with E-state index in [-0.39, 0.29) is 30.8 Å². The largest absolute Gasteiger partial charge is 0.325 e. The van der Waals surface area contributed by atoms with Gasteiger partial charge in [-0.3, -0.25) is 14.5 Å². The van der Waals surface area contributed by atoms with Crippen LogP contribution >= 0.6 is 12.4 Å². The van der Waals surface area contributed by atoms with E-state index in [1.54, 1.807) is 11.0 Å². The van der Waals surface area contributed by atoms with Crippen molar-refractivity contribution in [3.63, 3.8) is 0 Å². The third-order valence-corrected chi connectivity index (χ3v) is 7.45. The summed E-state index contributed by atoms with van der Waals surface area (Å²) in [4.78, 5) is 30.3. The van der Waals surface area contributed by atoms with E-state index in [0.29, 0.717) is 23.3 Å². The Morgan fingerprint density at radius 2 is 1.61 bits per heavy atom. The van der Waals surface area contributed by atoms with Gasteiger partial charge in [0.25, 0.3) is 5.91 Å². The van der Waals surface area contributed by atoms with E-state index in [9.17, 15) is 18.0 Å². The molecule has 3 rings (SSSR count). The summed E-state index contributed by atoms with van der Waals surface area (Å²) >= 11 is 0. The average Bonchev–Trinajstić information content (AvgIpc) is 3.21. The van der Waals surface area contributed by atoms with Crippen LogP contribution < -0.4 is 0 Å². The molecule has 0 radical (unpaired) electrons. The third-order valence-electron chi connectivity index (χ3n) is 6.40. The highest BCUT2D eigenvalue weighted by Crippen LogP contribution is 2.41. The highest BCUT2D eigenvalue weighted by atomic mass is 35.5. The van der Waals surface area contributed by atoms with Gasteiger partial charge in [-0.15, -0.1) is 12.4 Å². The fourth-order valence-corrected chi connectivity index (χ4v) is 5.88. The molecule has 7 nitrogen and oxygen atoms in total. The molecule has 0 unspecified atom stereocenters. The fraction of sp³-hybridized carbons (Fsp3) is 0.583. The molecule has 1 aromatic carbocycles. The van der Waals surface area contributed by atoms with Crippen LogP contribution in [-0.2, 0) is 21.4 Å². The summed E-state index contributed by atoms with van der Waals surface area (Å²) in [7, 11) is -3.74. The van der Waals surface area contributed by atoms with Gasteiger partial charge < -0.3 is 4.90 Å². The van der Waals surface area contributed by atoms with Crippen LogP contribution in [-0.4, -0.2) is 65.3 Å². The molecule has 0 bridgehead atoms. The van der Waals surface area contributed by atoms with Crippen LogP contribution in [0.15, 0.2) is 36.0 Å². The number of amides is 2. The zero-order valence-corrected chi connectivity index (χ0v) is 22.1. The molecule has 0 saturated carbocycles. The van der Waals surface area contributed by atoms with Crippen molar-refractivity contribution in [2.24, 2.45) is 11.8 Å². The van der Waals surface area contributed by atoms with Crippen molar-refractivity contribution < 1.29 is 18.0 Å². The second-order valence-corrected chi connectivity index (χ2v) is 11.6. The molecule has 1 saturated heterocycles. The predicted molar refractivity (Wildman–Crippen MR) is 132 cm³/mol. The second-order valence-electron chi connectivity index (χ2n) is 9.72. The van der Waals surface area contributed by atoms with Gasteiger partial charge in [0.15, 0.2) is 0 Å². The minimum atomic E-state index is -3.74. The normalized spacial score (nSPS) is 20.7. The molecule has 184 valence electrons. The van der Waals surface area contributed by atoms with E-state index in [1.807, 2.05) is 38.1 Å². The number of carbonyl (C=O) groups is 2. The lowest BCUT2D eigenvalue weighted by atomic mass is 9.89. The van der Waals surface area contributed by atoms with E-state index in [0.717, 1.165) is 22.7 Å². The summed E-state index contributed by atoms with van der Waals surface area (Å²) in [6.07, 6.45) is 2.73. The van der Waals surface area contributed by atoms with E-state index in [1.165, 1.54) is 0 Å². The van der Waals surface area contributed by atoms with Crippen molar-refractivity contribution in [2.45, 2.75) is 66.2 Å². The molecule has 0 spiro atoms. The summed E-state index contributed by atoms with van der Waals surface area (Å²) in [6, 6.07) is 7.86. The number of hydrogen-bond acceptors (Lipinski definition) is 5. The maximum absolute atomic E-state index is 13.4. The maximum atomic E-state index is 13.4. The maximum Gasteiger partial charge on any atom is 0.254 e. The third kappa shape index (κ3) is 5.28. The van der Waals surface area contributed by atoms with Gasteiger partial charge in [0, 0.05) is 30.7 Å². The number of halogens is 1. The summed E-state index contributed by atoms with van der Waals surface area (Å²) in [6.45, 7) is 13.5. The monoisotopic (exact) mass is 497 g/mol. The number of benzene rings is 1. The van der Waals surface area contributed by atoms with E-state index in [2.05, 4.69) is 32.6 Å². The minimum Gasteiger partial charge on any atom is -0.325 e. The number of carbonyl (C=O) groups excluding carboxylic acids is 2. The first-order chi connectivity index (χ1) is 14.8. The zero-order valence-electron chi connectivity index (χ0n) is 20.5. The Hall–Kier alpha value is -1.90. The van der Waals surface area contributed by atoms with Crippen molar-refractivity contribution in [1.29, 1.82) is 0 Å². The first-order valence-corrected chi connectivity index (χ1v) is 13.1. The van der Waals surface area contributed by atoms with Crippen LogP contribution in [0.2, 0.25) is 0 Å². The molecule has 9 heteroatoms. The highest BCUT2D eigenvalue weighted by Gasteiger charge is 2.54. The number of rotatable bonds is 7. The van der Waals surface area contributed by atoms with Gasteiger partial charge in [-0.1, -0.05) is 26.0 Å². The van der Waals surface area contributed by atoms with Gasteiger partial charge in [-0.05, 0) is 57.4 Å². The molecule has 0 N–H and O–H groups in total. The standard InChI is InChI=1S/C24H35N3O4S.ClH/c1-15(2)21-22-20(27(24(21)29)32(7,30)31)12-13-25(22)23(28)19-10-8-18(9-11-19)14-26(16(3)4)17(5)6;/h8-12,15-17,21-22H,13-14H2,1-7H3;1H/t21-,22+;/m1./s1. The molecule has 2 aliphatic rings. The summed E-state index contributed by atoms with van der Waals surface area (Å²) in [5.74, 6) is -1.32. The quantitative estimate of drug-likeness (QED) is 0.576. The molecule has 2 amide bonds. The minimum absolute atomic E-state index is 0. The van der Waals surface area contributed by atoms with Gasteiger partial charge in [-0.25, -0.2) is 12.7 Å². The Bertz CT molecular complexity index is 1010. The first kappa shape index (κ1) is 27.3. The molecule has 1 fully saturated rings. The van der Waals surface area contributed by atoms with Gasteiger partial charge >= 0.3 is 0 Å². The van der Waals surface area contributed by atoms with E-state index in [4.69, 9.17) is 0 Å². The van der Waals surface area contributed by atoms with Crippen molar-refractivity contribution in [2.75, 3.05) is 12.8 Å². The molecule has 2 atom stereocenters.